The maximum atomic E-state index is 4.58. The minimum atomic E-state index is 0.474. The number of hydrogen-bond acceptors (Lipinski definition) is 3. The Bertz CT molecular complexity index is 347. The highest BCUT2D eigenvalue weighted by Crippen LogP contribution is 2.39. The van der Waals surface area contributed by atoms with E-state index in [1.165, 1.54) is 37.9 Å². The molecule has 3 heteroatoms. The first kappa shape index (κ1) is 13.9. The van der Waals surface area contributed by atoms with Crippen LogP contribution in [0.25, 0.3) is 0 Å². The van der Waals surface area contributed by atoms with Crippen molar-refractivity contribution in [1.82, 2.24) is 9.88 Å². The molecular formula is C15H24N2S. The quantitative estimate of drug-likeness (QED) is 0.795. The number of thiol groups is 1. The SMILES string of the molecule is CN(CCc1ccccn1)CC1(CS)CCCC1. The minimum Gasteiger partial charge on any atom is -0.305 e. The van der Waals surface area contributed by atoms with E-state index in [9.17, 15) is 0 Å². The van der Waals surface area contributed by atoms with Crippen LogP contribution in [0.3, 0.4) is 0 Å². The van der Waals surface area contributed by atoms with E-state index in [0.29, 0.717) is 5.41 Å². The second kappa shape index (κ2) is 6.58. The number of rotatable bonds is 6. The molecule has 0 bridgehead atoms. The van der Waals surface area contributed by atoms with Crippen molar-refractivity contribution in [1.29, 1.82) is 0 Å². The first-order valence-electron chi connectivity index (χ1n) is 6.93. The van der Waals surface area contributed by atoms with Crippen LogP contribution in [0.4, 0.5) is 0 Å². The molecule has 1 aromatic heterocycles. The van der Waals surface area contributed by atoms with Gasteiger partial charge in [-0.05, 0) is 43.2 Å². The van der Waals surface area contributed by atoms with Crippen LogP contribution in [0.5, 0.6) is 0 Å². The monoisotopic (exact) mass is 264 g/mol. The second-order valence-electron chi connectivity index (χ2n) is 5.67. The Labute approximate surface area is 116 Å². The van der Waals surface area contributed by atoms with Crippen molar-refractivity contribution in [2.75, 3.05) is 25.9 Å². The van der Waals surface area contributed by atoms with Crippen molar-refractivity contribution in [3.05, 3.63) is 30.1 Å². The van der Waals surface area contributed by atoms with Gasteiger partial charge in [-0.25, -0.2) is 0 Å². The van der Waals surface area contributed by atoms with Gasteiger partial charge in [-0.15, -0.1) is 0 Å². The highest BCUT2D eigenvalue weighted by molar-refractivity contribution is 7.80. The van der Waals surface area contributed by atoms with Crippen LogP contribution in [-0.4, -0.2) is 35.8 Å². The van der Waals surface area contributed by atoms with Gasteiger partial charge in [-0.3, -0.25) is 4.98 Å². The third-order valence-corrected chi connectivity index (χ3v) is 4.75. The van der Waals surface area contributed by atoms with Gasteiger partial charge in [0.25, 0.3) is 0 Å². The lowest BCUT2D eigenvalue weighted by atomic mass is 9.88. The maximum Gasteiger partial charge on any atom is 0.0416 e. The Morgan fingerprint density at radius 1 is 1.33 bits per heavy atom. The van der Waals surface area contributed by atoms with Crippen molar-refractivity contribution in [2.45, 2.75) is 32.1 Å². The number of nitrogens with zero attached hydrogens (tertiary/aromatic N) is 2. The predicted octanol–water partition coefficient (Wildman–Crippen LogP) is 3.05. The molecule has 0 spiro atoms. The third-order valence-electron chi connectivity index (χ3n) is 4.08. The molecule has 0 radical (unpaired) electrons. The van der Waals surface area contributed by atoms with Gasteiger partial charge >= 0.3 is 0 Å². The highest BCUT2D eigenvalue weighted by Gasteiger charge is 2.33. The lowest BCUT2D eigenvalue weighted by Gasteiger charge is -2.32. The molecule has 2 nitrogen and oxygen atoms in total. The number of hydrogen-bond donors (Lipinski definition) is 1. The third kappa shape index (κ3) is 3.72. The summed E-state index contributed by atoms with van der Waals surface area (Å²) in [6.45, 7) is 2.27. The zero-order valence-electron chi connectivity index (χ0n) is 11.3. The molecule has 1 saturated carbocycles. The van der Waals surface area contributed by atoms with E-state index in [1.807, 2.05) is 12.3 Å². The van der Waals surface area contributed by atoms with E-state index in [-0.39, 0.29) is 0 Å². The summed E-state index contributed by atoms with van der Waals surface area (Å²) in [7, 11) is 2.23. The Morgan fingerprint density at radius 3 is 2.72 bits per heavy atom. The molecule has 0 aromatic carbocycles. The van der Waals surface area contributed by atoms with Gasteiger partial charge in [0.2, 0.25) is 0 Å². The molecule has 0 amide bonds. The van der Waals surface area contributed by atoms with E-state index in [1.54, 1.807) is 0 Å². The standard InChI is InChI=1S/C15H24N2S/c1-17(11-7-14-6-2-5-10-16-14)12-15(13-18)8-3-4-9-15/h2,5-6,10,18H,3-4,7-9,11-13H2,1H3. The molecule has 0 aliphatic heterocycles. The van der Waals surface area contributed by atoms with Crippen LogP contribution >= 0.6 is 12.6 Å². The summed E-state index contributed by atoms with van der Waals surface area (Å²) in [5.41, 5.74) is 1.66. The lowest BCUT2D eigenvalue weighted by Crippen LogP contribution is -2.36. The molecule has 0 unspecified atom stereocenters. The van der Waals surface area contributed by atoms with E-state index < -0.39 is 0 Å². The molecule has 1 aromatic rings. The van der Waals surface area contributed by atoms with E-state index in [2.05, 4.69) is 41.7 Å². The molecule has 100 valence electrons. The van der Waals surface area contributed by atoms with E-state index in [0.717, 1.165) is 18.7 Å². The summed E-state index contributed by atoms with van der Waals surface area (Å²) in [4.78, 5) is 6.83. The molecule has 18 heavy (non-hydrogen) atoms. The van der Waals surface area contributed by atoms with Crippen LogP contribution < -0.4 is 0 Å². The normalized spacial score (nSPS) is 18.4. The summed E-state index contributed by atoms with van der Waals surface area (Å²) in [5, 5.41) is 0. The van der Waals surface area contributed by atoms with Gasteiger partial charge in [0.05, 0.1) is 0 Å². The zero-order chi connectivity index (χ0) is 12.8. The minimum absolute atomic E-state index is 0.474. The number of pyridine rings is 1. The first-order chi connectivity index (χ1) is 8.74. The van der Waals surface area contributed by atoms with Crippen LogP contribution in [0.1, 0.15) is 31.4 Å². The Kier molecular flexibility index (Phi) is 5.07. The van der Waals surface area contributed by atoms with Crippen LogP contribution in [0, 0.1) is 5.41 Å². The van der Waals surface area contributed by atoms with Crippen molar-refractivity contribution in [3.63, 3.8) is 0 Å². The van der Waals surface area contributed by atoms with Crippen molar-refractivity contribution < 1.29 is 0 Å². The van der Waals surface area contributed by atoms with E-state index >= 15 is 0 Å². The summed E-state index contributed by atoms with van der Waals surface area (Å²) in [5.74, 6) is 1.03. The molecule has 0 saturated heterocycles. The lowest BCUT2D eigenvalue weighted by molar-refractivity contribution is 0.203. The van der Waals surface area contributed by atoms with Crippen LogP contribution in [0.2, 0.25) is 0 Å². The van der Waals surface area contributed by atoms with Gasteiger partial charge in [-0.2, -0.15) is 12.6 Å². The van der Waals surface area contributed by atoms with Crippen LogP contribution in [-0.2, 0) is 6.42 Å². The fourth-order valence-corrected chi connectivity index (χ4v) is 3.41. The molecule has 2 rings (SSSR count). The largest absolute Gasteiger partial charge is 0.305 e. The molecule has 0 N–H and O–H groups in total. The second-order valence-corrected chi connectivity index (χ2v) is 5.99. The summed E-state index contributed by atoms with van der Waals surface area (Å²) in [6.07, 6.45) is 8.39. The number of likely N-dealkylation sites (N-methyl/N-ethyl adjacent to an activating group) is 1. The summed E-state index contributed by atoms with van der Waals surface area (Å²) < 4.78 is 0. The molecule has 0 atom stereocenters. The summed E-state index contributed by atoms with van der Waals surface area (Å²) >= 11 is 4.58. The highest BCUT2D eigenvalue weighted by atomic mass is 32.1. The molecule has 1 aliphatic rings. The van der Waals surface area contributed by atoms with Gasteiger partial charge in [0.1, 0.15) is 0 Å². The Morgan fingerprint density at radius 2 is 2.11 bits per heavy atom. The van der Waals surface area contributed by atoms with Gasteiger partial charge in [0.15, 0.2) is 0 Å². The average molecular weight is 264 g/mol. The fraction of sp³-hybridized carbons (Fsp3) is 0.667. The molecular weight excluding hydrogens is 240 g/mol. The Balaban J connectivity index is 1.79. The topological polar surface area (TPSA) is 16.1 Å². The van der Waals surface area contributed by atoms with Gasteiger partial charge < -0.3 is 4.90 Å². The first-order valence-corrected chi connectivity index (χ1v) is 7.57. The summed E-state index contributed by atoms with van der Waals surface area (Å²) in [6, 6.07) is 6.15. The average Bonchev–Trinajstić information content (AvgIpc) is 2.87. The van der Waals surface area contributed by atoms with Crippen molar-refractivity contribution in [2.24, 2.45) is 5.41 Å². The maximum absolute atomic E-state index is 4.58. The zero-order valence-corrected chi connectivity index (χ0v) is 12.2. The molecule has 1 heterocycles. The van der Waals surface area contributed by atoms with Gasteiger partial charge in [-0.1, -0.05) is 18.9 Å². The van der Waals surface area contributed by atoms with Crippen molar-refractivity contribution in [3.8, 4) is 0 Å². The van der Waals surface area contributed by atoms with E-state index in [4.69, 9.17) is 0 Å². The smallest absolute Gasteiger partial charge is 0.0416 e. The predicted molar refractivity (Wildman–Crippen MR) is 80.2 cm³/mol. The fourth-order valence-electron chi connectivity index (χ4n) is 2.99. The molecule has 1 aliphatic carbocycles. The number of aromatic nitrogens is 1. The van der Waals surface area contributed by atoms with Gasteiger partial charge in [0, 0.05) is 31.4 Å². The Hall–Kier alpha value is -0.540. The van der Waals surface area contributed by atoms with Crippen molar-refractivity contribution >= 4 is 12.6 Å². The molecule has 1 fully saturated rings. The van der Waals surface area contributed by atoms with Crippen LogP contribution in [0.15, 0.2) is 24.4 Å².